The van der Waals surface area contributed by atoms with Crippen LogP contribution < -0.4 is 14.4 Å². The van der Waals surface area contributed by atoms with Gasteiger partial charge >= 0.3 is 5.69 Å². The van der Waals surface area contributed by atoms with E-state index in [1.54, 1.807) is 11.0 Å². The minimum atomic E-state index is -3.73. The summed E-state index contributed by atoms with van der Waals surface area (Å²) in [4.78, 5) is 16.6. The van der Waals surface area contributed by atoms with Crippen molar-refractivity contribution in [3.8, 4) is 11.5 Å². The van der Waals surface area contributed by atoms with Crippen molar-refractivity contribution in [1.82, 2.24) is 9.29 Å². The van der Waals surface area contributed by atoms with Gasteiger partial charge in [0, 0.05) is 44.5 Å². The monoisotopic (exact) mass is 408 g/mol. The van der Waals surface area contributed by atoms with Gasteiger partial charge in [0.15, 0.2) is 11.5 Å². The maximum Gasteiger partial charge on any atom is 0.311 e. The van der Waals surface area contributed by atoms with Gasteiger partial charge in [-0.2, -0.15) is 4.31 Å². The molecule has 3 rings (SSSR count). The molecule has 0 unspecified atom stereocenters. The maximum atomic E-state index is 13.0. The van der Waals surface area contributed by atoms with E-state index in [4.69, 9.17) is 9.47 Å². The quantitative estimate of drug-likeness (QED) is 0.522. The third kappa shape index (κ3) is 3.71. The molecule has 28 heavy (non-hydrogen) atoms. The summed E-state index contributed by atoms with van der Waals surface area (Å²) in [6.07, 6.45) is 1.48. The molecule has 1 aliphatic heterocycles. The van der Waals surface area contributed by atoms with E-state index < -0.39 is 14.9 Å². The SMILES string of the molecule is COc1ccc(S(=O)(=O)N2CCN(c3ncccc3[N+](=O)[O-])CC2)cc1OC. The van der Waals surface area contributed by atoms with Crippen molar-refractivity contribution in [2.75, 3.05) is 45.3 Å². The number of ether oxygens (including phenoxy) is 2. The first-order valence-corrected chi connectivity index (χ1v) is 9.89. The van der Waals surface area contributed by atoms with E-state index in [0.29, 0.717) is 24.6 Å². The first-order chi connectivity index (χ1) is 13.4. The van der Waals surface area contributed by atoms with Crippen LogP contribution in [0.5, 0.6) is 11.5 Å². The van der Waals surface area contributed by atoms with E-state index in [-0.39, 0.29) is 29.5 Å². The van der Waals surface area contributed by atoms with Gasteiger partial charge in [-0.05, 0) is 18.2 Å². The third-order valence-electron chi connectivity index (χ3n) is 4.49. The summed E-state index contributed by atoms with van der Waals surface area (Å²) in [7, 11) is -0.823. The molecule has 0 N–H and O–H groups in total. The number of sulfonamides is 1. The van der Waals surface area contributed by atoms with Crippen molar-refractivity contribution in [3.63, 3.8) is 0 Å². The second-order valence-electron chi connectivity index (χ2n) is 6.01. The molecule has 1 fully saturated rings. The predicted octanol–water partition coefficient (Wildman–Crippen LogP) is 1.52. The van der Waals surface area contributed by atoms with Crippen molar-refractivity contribution in [2.45, 2.75) is 4.90 Å². The van der Waals surface area contributed by atoms with Gasteiger partial charge in [0.25, 0.3) is 0 Å². The van der Waals surface area contributed by atoms with Crippen LogP contribution in [0.4, 0.5) is 11.5 Å². The van der Waals surface area contributed by atoms with Crippen LogP contribution in [-0.2, 0) is 10.0 Å². The van der Waals surface area contributed by atoms with Crippen molar-refractivity contribution in [1.29, 1.82) is 0 Å². The lowest BCUT2D eigenvalue weighted by molar-refractivity contribution is -0.384. The number of hydrogen-bond acceptors (Lipinski definition) is 8. The fourth-order valence-electron chi connectivity index (χ4n) is 3.04. The summed E-state index contributed by atoms with van der Waals surface area (Å²) in [5.41, 5.74) is -0.0984. The Labute approximate surface area is 162 Å². The number of rotatable bonds is 6. The fraction of sp³-hybridized carbons (Fsp3) is 0.353. The van der Waals surface area contributed by atoms with Crippen molar-refractivity contribution in [3.05, 3.63) is 46.6 Å². The normalized spacial score (nSPS) is 15.3. The third-order valence-corrected chi connectivity index (χ3v) is 6.39. The average Bonchev–Trinajstić information content (AvgIpc) is 2.73. The van der Waals surface area contributed by atoms with Gasteiger partial charge in [-0.15, -0.1) is 0 Å². The number of methoxy groups -OCH3 is 2. The minimum absolute atomic E-state index is 0.0984. The fourth-order valence-corrected chi connectivity index (χ4v) is 4.48. The lowest BCUT2D eigenvalue weighted by Gasteiger charge is -2.34. The summed E-state index contributed by atoms with van der Waals surface area (Å²) >= 11 is 0. The number of anilines is 1. The molecule has 150 valence electrons. The van der Waals surface area contributed by atoms with E-state index in [2.05, 4.69) is 4.98 Å². The number of hydrogen-bond donors (Lipinski definition) is 0. The number of aromatic nitrogens is 1. The highest BCUT2D eigenvalue weighted by Crippen LogP contribution is 2.31. The molecule has 1 saturated heterocycles. The Balaban J connectivity index is 1.78. The molecule has 1 aliphatic rings. The smallest absolute Gasteiger partial charge is 0.311 e. The van der Waals surface area contributed by atoms with Crippen LogP contribution >= 0.6 is 0 Å². The van der Waals surface area contributed by atoms with Crippen LogP contribution in [-0.4, -0.2) is 63.0 Å². The van der Waals surface area contributed by atoms with E-state index in [1.807, 2.05) is 0 Å². The molecule has 10 nitrogen and oxygen atoms in total. The van der Waals surface area contributed by atoms with Crippen molar-refractivity contribution >= 4 is 21.5 Å². The molecule has 1 aromatic heterocycles. The first-order valence-electron chi connectivity index (χ1n) is 8.45. The minimum Gasteiger partial charge on any atom is -0.493 e. The van der Waals surface area contributed by atoms with Crippen LogP contribution in [0.25, 0.3) is 0 Å². The van der Waals surface area contributed by atoms with Gasteiger partial charge in [0.05, 0.1) is 24.0 Å². The molecule has 0 radical (unpaired) electrons. The van der Waals surface area contributed by atoms with Gasteiger partial charge in [0.2, 0.25) is 15.8 Å². The molecule has 0 bridgehead atoms. The highest BCUT2D eigenvalue weighted by atomic mass is 32.2. The van der Waals surface area contributed by atoms with Crippen LogP contribution in [0, 0.1) is 10.1 Å². The molecule has 2 aromatic rings. The summed E-state index contributed by atoms with van der Waals surface area (Å²) in [6, 6.07) is 7.31. The standard InChI is InChI=1S/C17H20N4O6S/c1-26-15-6-5-13(12-16(15)27-2)28(24,25)20-10-8-19(9-11-20)17-14(21(22)23)4-3-7-18-17/h3-7,12H,8-11H2,1-2H3. The van der Waals surface area contributed by atoms with Gasteiger partial charge in [-0.3, -0.25) is 10.1 Å². The zero-order chi connectivity index (χ0) is 20.3. The summed E-state index contributed by atoms with van der Waals surface area (Å²) in [5, 5.41) is 11.2. The molecule has 0 aliphatic carbocycles. The highest BCUT2D eigenvalue weighted by molar-refractivity contribution is 7.89. The molecule has 2 heterocycles. The lowest BCUT2D eigenvalue weighted by atomic mass is 10.3. The average molecular weight is 408 g/mol. The number of nitrogens with zero attached hydrogens (tertiary/aromatic N) is 4. The Morgan fingerprint density at radius 1 is 1.07 bits per heavy atom. The van der Waals surface area contributed by atoms with Gasteiger partial charge < -0.3 is 14.4 Å². The van der Waals surface area contributed by atoms with E-state index in [1.165, 1.54) is 49.0 Å². The Morgan fingerprint density at radius 2 is 1.75 bits per heavy atom. The zero-order valence-corrected chi connectivity index (χ0v) is 16.3. The molecule has 0 saturated carbocycles. The van der Waals surface area contributed by atoms with E-state index >= 15 is 0 Å². The maximum absolute atomic E-state index is 13.0. The Kier molecular flexibility index (Phi) is 5.66. The van der Waals surface area contributed by atoms with Crippen LogP contribution in [0.2, 0.25) is 0 Å². The Bertz CT molecular complexity index is 973. The second kappa shape index (κ2) is 7.98. The highest BCUT2D eigenvalue weighted by Gasteiger charge is 2.31. The molecular weight excluding hydrogens is 388 g/mol. The van der Waals surface area contributed by atoms with Gasteiger partial charge in [-0.25, -0.2) is 13.4 Å². The molecule has 0 amide bonds. The molecule has 0 atom stereocenters. The molecule has 0 spiro atoms. The lowest BCUT2D eigenvalue weighted by Crippen LogP contribution is -2.49. The van der Waals surface area contributed by atoms with Crippen LogP contribution in [0.1, 0.15) is 0 Å². The van der Waals surface area contributed by atoms with E-state index in [0.717, 1.165) is 0 Å². The first kappa shape index (κ1) is 19.8. The van der Waals surface area contributed by atoms with E-state index in [9.17, 15) is 18.5 Å². The molecule has 1 aromatic carbocycles. The zero-order valence-electron chi connectivity index (χ0n) is 15.4. The number of pyridine rings is 1. The van der Waals surface area contributed by atoms with Gasteiger partial charge in [0.1, 0.15) is 0 Å². The summed E-state index contributed by atoms with van der Waals surface area (Å²) in [5.74, 6) is 1.01. The van der Waals surface area contributed by atoms with Crippen LogP contribution in [0.15, 0.2) is 41.4 Å². The number of nitro groups is 1. The molecule has 11 heteroatoms. The second-order valence-corrected chi connectivity index (χ2v) is 7.95. The van der Waals surface area contributed by atoms with Crippen LogP contribution in [0.3, 0.4) is 0 Å². The predicted molar refractivity (Wildman–Crippen MR) is 101 cm³/mol. The Morgan fingerprint density at radius 3 is 2.36 bits per heavy atom. The largest absolute Gasteiger partial charge is 0.493 e. The topological polar surface area (TPSA) is 115 Å². The number of benzene rings is 1. The van der Waals surface area contributed by atoms with Crippen molar-refractivity contribution in [2.24, 2.45) is 0 Å². The van der Waals surface area contributed by atoms with Gasteiger partial charge in [-0.1, -0.05) is 0 Å². The van der Waals surface area contributed by atoms with Crippen molar-refractivity contribution < 1.29 is 22.8 Å². The Hall–Kier alpha value is -2.92. The molecular formula is C17H20N4O6S. The summed E-state index contributed by atoms with van der Waals surface area (Å²) in [6.45, 7) is 0.962. The summed E-state index contributed by atoms with van der Waals surface area (Å²) < 4.78 is 37.6. The number of piperazine rings is 1.